The van der Waals surface area contributed by atoms with E-state index >= 15 is 0 Å². The average Bonchev–Trinajstić information content (AvgIpc) is 2.80. The molecule has 3 rings (SSSR count). The molecule has 8 nitrogen and oxygen atoms in total. The molecular formula is C30H41N3O5. The first-order chi connectivity index (χ1) is 17.9. The van der Waals surface area contributed by atoms with E-state index < -0.39 is 23.8 Å². The van der Waals surface area contributed by atoms with Gasteiger partial charge in [-0.1, -0.05) is 50.6 Å². The smallest absolute Gasteiger partial charge is 0.408 e. The second kappa shape index (κ2) is 12.3. The SMILES string of the molecule is CCC(C)C(NC(=O)OC(C)(C)C)C(=O)N(C1CCC1)C(C(=O)Nc1ccccc1C)c1cccc(O)c1. The molecule has 3 amide bonds. The van der Waals surface area contributed by atoms with E-state index in [4.69, 9.17) is 4.74 Å². The Morgan fingerprint density at radius 3 is 2.34 bits per heavy atom. The lowest BCUT2D eigenvalue weighted by atomic mass is 9.86. The van der Waals surface area contributed by atoms with Crippen LogP contribution in [0, 0.1) is 12.8 Å². The summed E-state index contributed by atoms with van der Waals surface area (Å²) in [4.78, 5) is 42.6. The van der Waals surface area contributed by atoms with Gasteiger partial charge in [-0.3, -0.25) is 9.59 Å². The molecular weight excluding hydrogens is 482 g/mol. The minimum Gasteiger partial charge on any atom is -0.508 e. The van der Waals surface area contributed by atoms with Gasteiger partial charge in [0.2, 0.25) is 5.91 Å². The van der Waals surface area contributed by atoms with Crippen molar-refractivity contribution >= 4 is 23.6 Å². The highest BCUT2D eigenvalue weighted by Crippen LogP contribution is 2.36. The molecule has 0 radical (unpaired) electrons. The summed E-state index contributed by atoms with van der Waals surface area (Å²) in [6, 6.07) is 11.8. The summed E-state index contributed by atoms with van der Waals surface area (Å²) in [5, 5.41) is 16.0. The summed E-state index contributed by atoms with van der Waals surface area (Å²) in [5.74, 6) is -0.932. The molecule has 0 spiro atoms. The third-order valence-electron chi connectivity index (χ3n) is 6.99. The van der Waals surface area contributed by atoms with E-state index in [-0.39, 0.29) is 29.5 Å². The number of nitrogens with zero attached hydrogens (tertiary/aromatic N) is 1. The molecule has 1 aliphatic carbocycles. The number of ether oxygens (including phenoxy) is 1. The second-order valence-corrected chi connectivity index (χ2v) is 11.1. The molecule has 1 saturated carbocycles. The summed E-state index contributed by atoms with van der Waals surface area (Å²) in [5.41, 5.74) is 1.31. The van der Waals surface area contributed by atoms with Gasteiger partial charge >= 0.3 is 6.09 Å². The largest absolute Gasteiger partial charge is 0.508 e. The highest BCUT2D eigenvalue weighted by atomic mass is 16.6. The predicted molar refractivity (Wildman–Crippen MR) is 148 cm³/mol. The third-order valence-corrected chi connectivity index (χ3v) is 6.99. The Balaban J connectivity index is 2.04. The fourth-order valence-electron chi connectivity index (χ4n) is 4.51. The summed E-state index contributed by atoms with van der Waals surface area (Å²) in [6.45, 7) is 11.0. The van der Waals surface area contributed by atoms with Crippen LogP contribution in [-0.2, 0) is 14.3 Å². The molecule has 38 heavy (non-hydrogen) atoms. The number of hydrogen-bond acceptors (Lipinski definition) is 5. The van der Waals surface area contributed by atoms with E-state index in [2.05, 4.69) is 10.6 Å². The van der Waals surface area contributed by atoms with E-state index in [1.54, 1.807) is 37.8 Å². The maximum atomic E-state index is 14.3. The zero-order valence-electron chi connectivity index (χ0n) is 23.3. The van der Waals surface area contributed by atoms with Crippen LogP contribution in [0.5, 0.6) is 5.75 Å². The number of carbonyl (C=O) groups excluding carboxylic acids is 3. The number of aromatic hydroxyl groups is 1. The first kappa shape index (κ1) is 29.0. The van der Waals surface area contributed by atoms with Crippen molar-refractivity contribution in [3.8, 4) is 5.75 Å². The number of hydrogen-bond donors (Lipinski definition) is 3. The molecule has 3 unspecified atom stereocenters. The normalized spacial score (nSPS) is 15.9. The quantitative estimate of drug-likeness (QED) is 0.391. The molecule has 3 atom stereocenters. The number of alkyl carbamates (subject to hydrolysis) is 1. The number of carbonyl (C=O) groups is 3. The molecule has 2 aromatic carbocycles. The topological polar surface area (TPSA) is 108 Å². The Hall–Kier alpha value is -3.55. The van der Waals surface area contributed by atoms with Crippen molar-refractivity contribution in [2.45, 2.75) is 91.0 Å². The Labute approximate surface area is 225 Å². The van der Waals surface area contributed by atoms with Crippen LogP contribution in [0.1, 0.15) is 77.5 Å². The molecule has 1 aliphatic rings. The minimum absolute atomic E-state index is 0.00237. The van der Waals surface area contributed by atoms with E-state index in [0.717, 1.165) is 24.8 Å². The van der Waals surface area contributed by atoms with Gasteiger partial charge in [-0.15, -0.1) is 0 Å². The van der Waals surface area contributed by atoms with Gasteiger partial charge in [-0.2, -0.15) is 0 Å². The number of nitrogens with one attached hydrogen (secondary N) is 2. The lowest BCUT2D eigenvalue weighted by molar-refractivity contribution is -0.147. The predicted octanol–water partition coefficient (Wildman–Crippen LogP) is 5.70. The highest BCUT2D eigenvalue weighted by molar-refractivity contribution is 5.99. The summed E-state index contributed by atoms with van der Waals surface area (Å²) in [6.07, 6.45) is 2.39. The van der Waals surface area contributed by atoms with E-state index in [0.29, 0.717) is 17.7 Å². The lowest BCUT2D eigenvalue weighted by Crippen LogP contribution is -2.58. The number of amides is 3. The van der Waals surface area contributed by atoms with Crippen molar-refractivity contribution in [2.75, 3.05) is 5.32 Å². The number of phenolic OH excluding ortho intramolecular Hbond substituents is 1. The van der Waals surface area contributed by atoms with Gasteiger partial charge in [0.05, 0.1) is 0 Å². The zero-order valence-corrected chi connectivity index (χ0v) is 23.3. The van der Waals surface area contributed by atoms with Gasteiger partial charge in [-0.25, -0.2) is 4.79 Å². The monoisotopic (exact) mass is 523 g/mol. The minimum atomic E-state index is -1.01. The van der Waals surface area contributed by atoms with Crippen LogP contribution in [0.4, 0.5) is 10.5 Å². The van der Waals surface area contributed by atoms with E-state index in [1.165, 1.54) is 12.1 Å². The fourth-order valence-corrected chi connectivity index (χ4v) is 4.51. The molecule has 0 saturated heterocycles. The first-order valence-corrected chi connectivity index (χ1v) is 13.4. The van der Waals surface area contributed by atoms with Crippen molar-refractivity contribution in [3.05, 3.63) is 59.7 Å². The van der Waals surface area contributed by atoms with Crippen LogP contribution in [0.15, 0.2) is 48.5 Å². The van der Waals surface area contributed by atoms with Gasteiger partial charge in [0.25, 0.3) is 5.91 Å². The van der Waals surface area contributed by atoms with Gasteiger partial charge < -0.3 is 25.4 Å². The van der Waals surface area contributed by atoms with Crippen LogP contribution < -0.4 is 10.6 Å². The number of phenols is 1. The number of anilines is 1. The van der Waals surface area contributed by atoms with Crippen molar-refractivity contribution in [1.29, 1.82) is 0 Å². The van der Waals surface area contributed by atoms with Crippen LogP contribution in [-0.4, -0.2) is 45.6 Å². The first-order valence-electron chi connectivity index (χ1n) is 13.4. The molecule has 206 valence electrons. The molecule has 0 heterocycles. The van der Waals surface area contributed by atoms with E-state index in [9.17, 15) is 19.5 Å². The maximum absolute atomic E-state index is 14.3. The molecule has 8 heteroatoms. The molecule has 3 N–H and O–H groups in total. The zero-order chi connectivity index (χ0) is 28.0. The summed E-state index contributed by atoms with van der Waals surface area (Å²) >= 11 is 0. The molecule has 1 fully saturated rings. The van der Waals surface area contributed by atoms with Gasteiger partial charge in [0.15, 0.2) is 0 Å². The van der Waals surface area contributed by atoms with Crippen molar-refractivity contribution < 1.29 is 24.2 Å². The average molecular weight is 524 g/mol. The van der Waals surface area contributed by atoms with Crippen LogP contribution in [0.3, 0.4) is 0 Å². The maximum Gasteiger partial charge on any atom is 0.408 e. The van der Waals surface area contributed by atoms with E-state index in [1.807, 2.05) is 45.0 Å². The summed E-state index contributed by atoms with van der Waals surface area (Å²) < 4.78 is 5.46. The highest BCUT2D eigenvalue weighted by Gasteiger charge is 2.43. The van der Waals surface area contributed by atoms with Crippen LogP contribution >= 0.6 is 0 Å². The fraction of sp³-hybridized carbons (Fsp3) is 0.500. The van der Waals surface area contributed by atoms with Crippen molar-refractivity contribution in [1.82, 2.24) is 10.2 Å². The standard InChI is InChI=1S/C30H41N3O5/c1-7-19(2)25(32-29(37)38-30(4,5)6)28(36)33(22-14-11-15-22)26(21-13-10-16-23(34)18-21)27(35)31-24-17-9-8-12-20(24)3/h8-10,12-13,16-19,22,25-26,34H,7,11,14-15H2,1-6H3,(H,31,35)(H,32,37). The Bertz CT molecular complexity index is 1140. The Morgan fingerprint density at radius 2 is 1.79 bits per heavy atom. The van der Waals surface area contributed by atoms with Crippen molar-refractivity contribution in [3.63, 3.8) is 0 Å². The molecule has 0 bridgehead atoms. The van der Waals surface area contributed by atoms with Gasteiger partial charge in [0, 0.05) is 11.7 Å². The molecule has 0 aromatic heterocycles. The number of aryl methyl sites for hydroxylation is 1. The number of rotatable bonds is 9. The van der Waals surface area contributed by atoms with Crippen molar-refractivity contribution in [2.24, 2.45) is 5.92 Å². The lowest BCUT2D eigenvalue weighted by Gasteiger charge is -2.44. The molecule has 0 aliphatic heterocycles. The Kier molecular flexibility index (Phi) is 9.41. The van der Waals surface area contributed by atoms with Crippen LogP contribution in [0.2, 0.25) is 0 Å². The number of para-hydroxylation sites is 1. The third kappa shape index (κ3) is 7.27. The Morgan fingerprint density at radius 1 is 1.11 bits per heavy atom. The number of benzene rings is 2. The molecule has 2 aromatic rings. The van der Waals surface area contributed by atoms with Gasteiger partial charge in [-0.05, 0) is 82.2 Å². The summed E-state index contributed by atoms with van der Waals surface area (Å²) in [7, 11) is 0. The van der Waals surface area contributed by atoms with Crippen LogP contribution in [0.25, 0.3) is 0 Å². The second-order valence-electron chi connectivity index (χ2n) is 11.1. The van der Waals surface area contributed by atoms with Gasteiger partial charge in [0.1, 0.15) is 23.4 Å².